The lowest BCUT2D eigenvalue weighted by atomic mass is 10.2. The lowest BCUT2D eigenvalue weighted by Crippen LogP contribution is -1.77. The molecule has 1 rings (SSSR count). The molecule has 0 unspecified atom stereocenters. The van der Waals surface area contributed by atoms with Crippen LogP contribution >= 0.6 is 0 Å². The van der Waals surface area contributed by atoms with Gasteiger partial charge in [-0.15, -0.1) is 0 Å². The Kier molecular flexibility index (Phi) is 36.6. The SMILES string of the molecule is CCC(C)C.CCC(C)C.CCC(C)C.CCC(C)C.c1ccccc1. The summed E-state index contributed by atoms with van der Waals surface area (Å²) in [6.45, 7) is 26.6. The van der Waals surface area contributed by atoms with Crippen molar-refractivity contribution in [3.05, 3.63) is 36.4 Å². The van der Waals surface area contributed by atoms with E-state index in [0.29, 0.717) is 0 Å². The maximum absolute atomic E-state index is 2.22. The van der Waals surface area contributed by atoms with Gasteiger partial charge in [-0.05, 0) is 23.7 Å². The summed E-state index contributed by atoms with van der Waals surface area (Å²) in [4.78, 5) is 0. The lowest BCUT2D eigenvalue weighted by molar-refractivity contribution is 0.626. The molecular formula is C26H54. The van der Waals surface area contributed by atoms with Crippen molar-refractivity contribution in [1.29, 1.82) is 0 Å². The van der Waals surface area contributed by atoms with Crippen LogP contribution in [0.3, 0.4) is 0 Å². The van der Waals surface area contributed by atoms with Crippen molar-refractivity contribution in [2.45, 2.75) is 109 Å². The highest BCUT2D eigenvalue weighted by molar-refractivity contribution is 4.99. The van der Waals surface area contributed by atoms with E-state index in [9.17, 15) is 0 Å². The summed E-state index contributed by atoms with van der Waals surface area (Å²) < 4.78 is 0. The predicted molar refractivity (Wildman–Crippen MR) is 127 cm³/mol. The van der Waals surface area contributed by atoms with Crippen LogP contribution in [-0.2, 0) is 0 Å². The first kappa shape index (κ1) is 32.9. The molecule has 1 aromatic carbocycles. The lowest BCUT2D eigenvalue weighted by Gasteiger charge is -1.90. The topological polar surface area (TPSA) is 0 Å². The molecule has 0 aromatic heterocycles. The molecule has 158 valence electrons. The van der Waals surface area contributed by atoms with Gasteiger partial charge in [-0.25, -0.2) is 0 Å². The number of hydrogen-bond acceptors (Lipinski definition) is 0. The Hall–Kier alpha value is -0.780. The highest BCUT2D eigenvalue weighted by Gasteiger charge is 1.81. The summed E-state index contributed by atoms with van der Waals surface area (Å²) in [6, 6.07) is 12.0. The average Bonchev–Trinajstić information content (AvgIpc) is 2.64. The molecule has 0 atom stereocenters. The molecule has 0 saturated carbocycles. The Morgan fingerprint density at radius 3 is 0.462 bits per heavy atom. The first-order chi connectivity index (χ1) is 12.1. The van der Waals surface area contributed by atoms with Crippen LogP contribution in [0.25, 0.3) is 0 Å². The monoisotopic (exact) mass is 366 g/mol. The molecule has 0 saturated heterocycles. The van der Waals surface area contributed by atoms with Crippen LogP contribution < -0.4 is 0 Å². The Balaban J connectivity index is -0.000000117. The first-order valence-electron chi connectivity index (χ1n) is 11.1. The van der Waals surface area contributed by atoms with E-state index < -0.39 is 0 Å². The molecule has 0 amide bonds. The summed E-state index contributed by atoms with van der Waals surface area (Å²) in [5.41, 5.74) is 0. The molecule has 0 nitrogen and oxygen atoms in total. The molecule has 0 spiro atoms. The summed E-state index contributed by atoms with van der Waals surface area (Å²) in [7, 11) is 0. The molecule has 0 heteroatoms. The minimum Gasteiger partial charge on any atom is -0.0651 e. The molecule has 0 fully saturated rings. The van der Waals surface area contributed by atoms with Gasteiger partial charge in [0, 0.05) is 0 Å². The average molecular weight is 367 g/mol. The Morgan fingerprint density at radius 2 is 0.423 bits per heavy atom. The van der Waals surface area contributed by atoms with Crippen molar-refractivity contribution in [3.8, 4) is 0 Å². The van der Waals surface area contributed by atoms with Crippen molar-refractivity contribution in [1.82, 2.24) is 0 Å². The predicted octanol–water partition coefficient (Wildman–Crippen LogP) is 9.90. The maximum Gasteiger partial charge on any atom is -0.0474 e. The zero-order valence-electron chi connectivity index (χ0n) is 20.6. The fourth-order valence-corrected chi connectivity index (χ4v) is 0.385. The Morgan fingerprint density at radius 1 is 0.346 bits per heavy atom. The second-order valence-electron chi connectivity index (χ2n) is 8.36. The van der Waals surface area contributed by atoms with Crippen LogP contribution in [0.15, 0.2) is 36.4 Å². The largest absolute Gasteiger partial charge is 0.0651 e. The molecule has 0 bridgehead atoms. The summed E-state index contributed by atoms with van der Waals surface area (Å²) in [5, 5.41) is 0. The zero-order chi connectivity index (χ0) is 21.4. The molecule has 0 N–H and O–H groups in total. The standard InChI is InChI=1S/C6H6.4C5H12/c1-2-4-6-5-3-1;4*1-4-5(2)3/h1-6H;4*5H,4H2,1-3H3. The maximum atomic E-state index is 2.22. The third-order valence-electron chi connectivity index (χ3n) is 3.93. The molecule has 1 aromatic rings. The van der Waals surface area contributed by atoms with E-state index in [4.69, 9.17) is 0 Å². The van der Waals surface area contributed by atoms with Crippen LogP contribution in [0.1, 0.15) is 109 Å². The molecule has 0 radical (unpaired) electrons. The smallest absolute Gasteiger partial charge is 0.0474 e. The molecule has 0 heterocycles. The quantitative estimate of drug-likeness (QED) is 0.497. The minimum absolute atomic E-state index is 0.884. The van der Waals surface area contributed by atoms with Crippen molar-refractivity contribution in [2.75, 3.05) is 0 Å². The Bertz CT molecular complexity index is 223. The van der Waals surface area contributed by atoms with E-state index in [2.05, 4.69) is 83.1 Å². The van der Waals surface area contributed by atoms with Crippen LogP contribution in [0, 0.1) is 23.7 Å². The van der Waals surface area contributed by atoms with Crippen LogP contribution in [0.4, 0.5) is 0 Å². The second-order valence-corrected chi connectivity index (χ2v) is 8.36. The van der Waals surface area contributed by atoms with E-state index in [1.54, 1.807) is 0 Å². The van der Waals surface area contributed by atoms with Crippen LogP contribution in [-0.4, -0.2) is 0 Å². The molecule has 0 aliphatic heterocycles. The van der Waals surface area contributed by atoms with E-state index in [0.717, 1.165) is 23.7 Å². The first-order valence-corrected chi connectivity index (χ1v) is 11.1. The molecule has 0 aliphatic rings. The third-order valence-corrected chi connectivity index (χ3v) is 3.93. The summed E-state index contributed by atoms with van der Waals surface area (Å²) in [6.07, 6.45) is 5.22. The molecule has 26 heavy (non-hydrogen) atoms. The van der Waals surface area contributed by atoms with Crippen LogP contribution in [0.2, 0.25) is 0 Å². The fraction of sp³-hybridized carbons (Fsp3) is 0.769. The van der Waals surface area contributed by atoms with Gasteiger partial charge < -0.3 is 0 Å². The van der Waals surface area contributed by atoms with E-state index in [-0.39, 0.29) is 0 Å². The fourth-order valence-electron chi connectivity index (χ4n) is 0.385. The highest BCUT2D eigenvalue weighted by atomic mass is 13.9. The third kappa shape index (κ3) is 65.6. The van der Waals surface area contributed by atoms with Gasteiger partial charge in [0.1, 0.15) is 0 Å². The van der Waals surface area contributed by atoms with Gasteiger partial charge >= 0.3 is 0 Å². The van der Waals surface area contributed by atoms with E-state index in [1.807, 2.05) is 36.4 Å². The summed E-state index contributed by atoms with van der Waals surface area (Å²) >= 11 is 0. The van der Waals surface area contributed by atoms with Crippen LogP contribution in [0.5, 0.6) is 0 Å². The van der Waals surface area contributed by atoms with Crippen molar-refractivity contribution < 1.29 is 0 Å². The number of benzene rings is 1. The van der Waals surface area contributed by atoms with E-state index in [1.165, 1.54) is 25.7 Å². The van der Waals surface area contributed by atoms with Crippen molar-refractivity contribution in [2.24, 2.45) is 23.7 Å². The van der Waals surface area contributed by atoms with Gasteiger partial charge in [0.05, 0.1) is 0 Å². The Labute approximate surface area is 169 Å². The number of hydrogen-bond donors (Lipinski definition) is 0. The van der Waals surface area contributed by atoms with Gasteiger partial charge in [0.15, 0.2) is 0 Å². The van der Waals surface area contributed by atoms with Gasteiger partial charge in [-0.1, -0.05) is 145 Å². The van der Waals surface area contributed by atoms with Gasteiger partial charge in [-0.3, -0.25) is 0 Å². The van der Waals surface area contributed by atoms with Crippen molar-refractivity contribution >= 4 is 0 Å². The van der Waals surface area contributed by atoms with Gasteiger partial charge in [-0.2, -0.15) is 0 Å². The zero-order valence-corrected chi connectivity index (χ0v) is 20.6. The second kappa shape index (κ2) is 29.0. The molecule has 0 aliphatic carbocycles. The minimum atomic E-state index is 0.884. The highest BCUT2D eigenvalue weighted by Crippen LogP contribution is 1.95. The van der Waals surface area contributed by atoms with E-state index >= 15 is 0 Å². The molecular weight excluding hydrogens is 312 g/mol. The van der Waals surface area contributed by atoms with Gasteiger partial charge in [0.2, 0.25) is 0 Å². The van der Waals surface area contributed by atoms with Gasteiger partial charge in [0.25, 0.3) is 0 Å². The number of rotatable bonds is 4. The van der Waals surface area contributed by atoms with Crippen molar-refractivity contribution in [3.63, 3.8) is 0 Å². The summed E-state index contributed by atoms with van der Waals surface area (Å²) in [5.74, 6) is 3.54. The normalized spacial score (nSPS) is 9.23.